The van der Waals surface area contributed by atoms with Crippen molar-refractivity contribution in [2.24, 2.45) is 11.7 Å². The summed E-state index contributed by atoms with van der Waals surface area (Å²) in [6, 6.07) is 39.2. The number of nitrogens with zero attached hydrogens (tertiary/aromatic N) is 4. The summed E-state index contributed by atoms with van der Waals surface area (Å²) in [6.07, 6.45) is 5.92. The number of anilines is 1. The van der Waals surface area contributed by atoms with Crippen molar-refractivity contribution in [1.29, 1.82) is 0 Å². The number of piperidine rings is 1. The number of carboxylic acid groups (broad SMARTS) is 1. The number of aromatic carboxylic acids is 1. The van der Waals surface area contributed by atoms with Crippen molar-refractivity contribution in [3.05, 3.63) is 173 Å². The summed E-state index contributed by atoms with van der Waals surface area (Å²) < 4.78 is 16.2. The summed E-state index contributed by atoms with van der Waals surface area (Å²) in [4.78, 5) is 92.1. The second-order valence-corrected chi connectivity index (χ2v) is 54.5. The maximum atomic E-state index is 12.4. The molecule has 84 heavy (non-hydrogen) atoms. The number of halogens is 4. The van der Waals surface area contributed by atoms with Crippen LogP contribution in [0.15, 0.2) is 134 Å². The molecule has 1 atom stereocenters. The van der Waals surface area contributed by atoms with E-state index in [9.17, 15) is 28.8 Å². The number of hydroxylamine groups is 3. The summed E-state index contributed by atoms with van der Waals surface area (Å²) in [5.41, 5.74) is 18.4. The summed E-state index contributed by atoms with van der Waals surface area (Å²) in [6.45, 7) is 3.63. The number of pyridine rings is 2. The molecule has 5 aliphatic rings. The van der Waals surface area contributed by atoms with E-state index in [4.69, 9.17) is 34.7 Å². The molecule has 446 valence electrons. The minimum absolute atomic E-state index is 0. The Hall–Kier alpha value is -5.02. The van der Waals surface area contributed by atoms with Crippen LogP contribution in [0, 0.1) is 5.92 Å². The van der Waals surface area contributed by atoms with Crippen molar-refractivity contribution < 1.29 is 62.7 Å². The van der Waals surface area contributed by atoms with Gasteiger partial charge in [-0.05, 0) is 105 Å². The summed E-state index contributed by atoms with van der Waals surface area (Å²) in [5.74, 6) is -1.26. The SMILES string of the molecule is C.CI.NCc1ccc(C(=O)NOC2CCCCO2)cn1.O=C(NCC1CCN(c2ccc(C(=O)O)cn2)CC1)OCC1c2ccccc2-c2ccccc21.O=C(OCC1c2ccccc2-c2ccccc21)ON1C(=O)CCC1=O.[I][V]([I])[I]. The molecule has 4 amide bonds. The maximum absolute atomic E-state index is 12.4. The number of amides is 4. The van der Waals surface area contributed by atoms with Crippen LogP contribution in [0.2, 0.25) is 0 Å². The topological polar surface area (TPSA) is 251 Å². The Labute approximate surface area is 540 Å². The first-order valence-corrected chi connectivity index (χ1v) is 42.2. The van der Waals surface area contributed by atoms with Crippen molar-refractivity contribution in [3.63, 3.8) is 0 Å². The fraction of sp³-hybridized carbons (Fsp3) is 0.333. The molecule has 5 heterocycles. The first kappa shape index (κ1) is 68.1. The van der Waals surface area contributed by atoms with E-state index in [-0.39, 0.29) is 67.5 Å². The van der Waals surface area contributed by atoms with Gasteiger partial charge in [0.1, 0.15) is 19.0 Å². The minimum atomic E-state index is -1.05. The molecule has 4 aromatic carbocycles. The predicted molar refractivity (Wildman–Crippen MR) is 349 cm³/mol. The number of hydrogen-bond donors (Lipinski definition) is 4. The van der Waals surface area contributed by atoms with Gasteiger partial charge < -0.3 is 35.3 Å². The molecule has 2 aliphatic carbocycles. The average molecular weight is 1640 g/mol. The van der Waals surface area contributed by atoms with E-state index in [1.165, 1.54) is 34.6 Å². The average Bonchev–Trinajstić information content (AvgIpc) is 2.44. The van der Waals surface area contributed by atoms with E-state index < -0.39 is 23.9 Å². The van der Waals surface area contributed by atoms with Crippen LogP contribution >= 0.6 is 82.5 Å². The van der Waals surface area contributed by atoms with Crippen LogP contribution in [0.5, 0.6) is 0 Å². The Morgan fingerprint density at radius 2 is 1.19 bits per heavy atom. The van der Waals surface area contributed by atoms with E-state index in [1.807, 2.05) is 77.7 Å². The van der Waals surface area contributed by atoms with Crippen molar-refractivity contribution in [1.82, 2.24) is 25.8 Å². The van der Waals surface area contributed by atoms with Gasteiger partial charge in [0.15, 0.2) is 6.29 Å². The molecule has 6 aromatic rings. The zero-order chi connectivity index (χ0) is 59.3. The van der Waals surface area contributed by atoms with Gasteiger partial charge in [0.05, 0.1) is 16.8 Å². The van der Waals surface area contributed by atoms with Gasteiger partial charge in [-0.2, -0.15) is 0 Å². The Bertz CT molecular complexity index is 3040. The monoisotopic (exact) mass is 1640 g/mol. The molecule has 24 heteroatoms. The number of rotatable bonds is 13. The third kappa shape index (κ3) is 19.2. The van der Waals surface area contributed by atoms with Crippen LogP contribution in [-0.2, 0) is 44.9 Å². The van der Waals surface area contributed by atoms with Crippen LogP contribution in [0.25, 0.3) is 22.3 Å². The number of nitrogens with one attached hydrogen (secondary N) is 2. The number of carbonyl (C=O) groups is 6. The standard InChI is InChI=1S/C27H27N3O4.C19H15NO5.C12H17N3O3.CH3I.CH4.3HI.V/c31-26(32)19-9-10-25(28-16-19)30-13-11-18(12-14-30)15-29-27(33)34-17-24-22-7-3-1-5-20(22)21-6-2-4-8-23(21)24;21-17-9-10-18(22)20(17)25-19(23)24-11-16-14-7-3-1-5-12(14)13-6-2-4-8-15(13)16;13-7-10-5-4-9(8-14-10)12(16)15-18-11-3-1-2-6-17-11;1-2;;;;;/h1-10,16,18,24H,11-15,17H2,(H,29,33)(H,31,32);1-8,16H,9-11H2;4-5,8,11H,1-3,6-7,13H2,(H,15,16);1H3;1H4;3*1H;/q;;;;;;;;+3/p-3. The third-order valence-corrected chi connectivity index (χ3v) is 14.0. The molecule has 0 radical (unpaired) electrons. The van der Waals surface area contributed by atoms with Crippen molar-refractivity contribution in [3.8, 4) is 22.3 Å². The van der Waals surface area contributed by atoms with E-state index in [0.29, 0.717) is 42.8 Å². The number of nitrogens with two attached hydrogens (primary N) is 1. The van der Waals surface area contributed by atoms with Crippen LogP contribution in [0.4, 0.5) is 15.4 Å². The van der Waals surface area contributed by atoms with Gasteiger partial charge in [-0.25, -0.2) is 29.7 Å². The molecule has 3 aliphatic heterocycles. The quantitative estimate of drug-likeness (QED) is 0.0276. The Morgan fingerprint density at radius 1 is 0.690 bits per heavy atom. The van der Waals surface area contributed by atoms with Gasteiger partial charge >= 0.3 is 83.1 Å². The molecule has 2 aromatic heterocycles. The number of alkyl halides is 1. The normalized spacial score (nSPS) is 15.7. The third-order valence-electron chi connectivity index (χ3n) is 14.0. The van der Waals surface area contributed by atoms with Crippen LogP contribution in [0.1, 0.15) is 113 Å². The number of hydrogen-bond acceptors (Lipinski definition) is 15. The van der Waals surface area contributed by atoms with Gasteiger partial charge in [0.25, 0.3) is 17.7 Å². The van der Waals surface area contributed by atoms with E-state index in [0.717, 1.165) is 79.0 Å². The number of imide groups is 1. The zero-order valence-electron chi connectivity index (χ0n) is 45.2. The predicted octanol–water partition coefficient (Wildman–Crippen LogP) is 12.6. The van der Waals surface area contributed by atoms with E-state index in [1.54, 1.807) is 24.3 Å². The Morgan fingerprint density at radius 3 is 1.64 bits per heavy atom. The van der Waals surface area contributed by atoms with Crippen molar-refractivity contribution >= 4 is 124 Å². The fourth-order valence-corrected chi connectivity index (χ4v) is 9.95. The van der Waals surface area contributed by atoms with Crippen LogP contribution < -0.4 is 21.4 Å². The Balaban J connectivity index is 0.000000200. The first-order chi connectivity index (χ1) is 40.3. The zero-order valence-corrected chi connectivity index (χ0v) is 55.2. The molecular weight excluding hydrogens is 1570 g/mol. The van der Waals surface area contributed by atoms with Crippen LogP contribution in [-0.4, -0.2) is 107 Å². The number of fused-ring (bicyclic) bond motifs is 6. The number of carboxylic acids is 1. The molecule has 1 unspecified atom stereocenters. The molecule has 3 fully saturated rings. The second kappa shape index (κ2) is 35.0. The molecule has 0 bridgehead atoms. The molecule has 11 rings (SSSR count). The Kier molecular flexibility index (Phi) is 28.3. The van der Waals surface area contributed by atoms with E-state index in [2.05, 4.69) is 132 Å². The number of ether oxygens (including phenoxy) is 3. The van der Waals surface area contributed by atoms with Gasteiger partial charge in [-0.15, -0.1) is 0 Å². The van der Waals surface area contributed by atoms with Crippen molar-refractivity contribution in [2.45, 2.75) is 77.0 Å². The van der Waals surface area contributed by atoms with Gasteiger partial charge in [0.2, 0.25) is 0 Å². The number of aromatic nitrogens is 2. The van der Waals surface area contributed by atoms with Gasteiger partial charge in [-0.3, -0.25) is 24.2 Å². The van der Waals surface area contributed by atoms with Gasteiger partial charge in [0, 0.05) is 76.3 Å². The summed E-state index contributed by atoms with van der Waals surface area (Å²) >= 11 is 9.54. The molecular formula is C60H66I4N7O12V. The van der Waals surface area contributed by atoms with Crippen molar-refractivity contribution in [2.75, 3.05) is 49.3 Å². The summed E-state index contributed by atoms with van der Waals surface area (Å²) in [5, 5.41) is 12.4. The van der Waals surface area contributed by atoms with Crippen LogP contribution in [0.3, 0.4) is 0 Å². The van der Waals surface area contributed by atoms with E-state index >= 15 is 0 Å². The molecule has 0 spiro atoms. The second-order valence-electron chi connectivity index (χ2n) is 19.1. The van der Waals surface area contributed by atoms with Gasteiger partial charge in [-0.1, -0.05) is 132 Å². The molecule has 0 saturated carbocycles. The molecule has 5 N–H and O–H groups in total. The molecule has 3 saturated heterocycles. The summed E-state index contributed by atoms with van der Waals surface area (Å²) in [7, 11) is 0. The number of alkyl carbamates (subject to hydrolysis) is 1. The fourth-order valence-electron chi connectivity index (χ4n) is 9.95. The first-order valence-electron chi connectivity index (χ1n) is 26.6. The number of carbonyl (C=O) groups excluding carboxylic acids is 5. The molecule has 19 nitrogen and oxygen atoms in total. The number of benzene rings is 4.